The van der Waals surface area contributed by atoms with Crippen molar-refractivity contribution in [1.29, 1.82) is 0 Å². The Labute approximate surface area is 107 Å². The monoisotopic (exact) mass is 232 g/mol. The van der Waals surface area contributed by atoms with Gasteiger partial charge >= 0.3 is 0 Å². The number of hydrogen-bond donors (Lipinski definition) is 0. The second-order valence-corrected chi connectivity index (χ2v) is 6.14. The van der Waals surface area contributed by atoms with Gasteiger partial charge in [-0.1, -0.05) is 77.3 Å². The van der Waals surface area contributed by atoms with Gasteiger partial charge in [-0.25, -0.2) is 0 Å². The Morgan fingerprint density at radius 2 is 1.71 bits per heavy atom. The van der Waals surface area contributed by atoms with Crippen LogP contribution in [0.25, 0.3) is 0 Å². The molecule has 0 aliphatic heterocycles. The lowest BCUT2D eigenvalue weighted by atomic mass is 9.77. The lowest BCUT2D eigenvalue weighted by Gasteiger charge is -2.28. The van der Waals surface area contributed by atoms with Crippen LogP contribution in [0.1, 0.15) is 71.3 Å². The van der Waals surface area contributed by atoms with Crippen LogP contribution < -0.4 is 0 Å². The zero-order chi connectivity index (χ0) is 12.7. The Bertz CT molecular complexity index is 297. The molecule has 0 aliphatic rings. The molecular formula is C17H28. The van der Waals surface area contributed by atoms with Crippen LogP contribution in [0.3, 0.4) is 0 Å². The molecule has 1 unspecified atom stereocenters. The van der Waals surface area contributed by atoms with Gasteiger partial charge in [0.2, 0.25) is 0 Å². The molecule has 0 saturated heterocycles. The molecule has 0 amide bonds. The molecule has 1 aromatic rings. The van der Waals surface area contributed by atoms with Crippen LogP contribution in [-0.4, -0.2) is 0 Å². The highest BCUT2D eigenvalue weighted by molar-refractivity contribution is 5.18. The van der Waals surface area contributed by atoms with E-state index in [9.17, 15) is 0 Å². The van der Waals surface area contributed by atoms with Gasteiger partial charge in [-0.3, -0.25) is 0 Å². The minimum atomic E-state index is 0.477. The number of rotatable bonds is 7. The van der Waals surface area contributed by atoms with Crippen molar-refractivity contribution in [3.63, 3.8) is 0 Å². The van der Waals surface area contributed by atoms with Gasteiger partial charge in [-0.2, -0.15) is 0 Å². The van der Waals surface area contributed by atoms with Gasteiger partial charge in [-0.05, 0) is 29.7 Å². The number of unbranched alkanes of at least 4 members (excludes halogenated alkanes) is 2. The minimum absolute atomic E-state index is 0.477. The second kappa shape index (κ2) is 6.83. The smallest absolute Gasteiger partial charge is 0.0185 e. The standard InChI is InChI=1S/C17H28/c1-5-6-10-13-17(3,4)14-15(2)16-11-8-7-9-12-16/h7-9,11-12,15H,5-6,10,13-14H2,1-4H3. The average Bonchev–Trinajstić information content (AvgIpc) is 2.30. The lowest BCUT2D eigenvalue weighted by Crippen LogP contribution is -2.14. The molecule has 0 aromatic heterocycles. The zero-order valence-electron chi connectivity index (χ0n) is 12.0. The normalized spacial score (nSPS) is 13.6. The quantitative estimate of drug-likeness (QED) is 0.522. The Morgan fingerprint density at radius 3 is 2.29 bits per heavy atom. The number of hydrogen-bond acceptors (Lipinski definition) is 0. The maximum atomic E-state index is 2.42. The molecule has 1 aromatic carbocycles. The average molecular weight is 232 g/mol. The van der Waals surface area contributed by atoms with Crippen LogP contribution in [0.15, 0.2) is 30.3 Å². The number of benzene rings is 1. The van der Waals surface area contributed by atoms with E-state index in [0.717, 1.165) is 0 Å². The summed E-state index contributed by atoms with van der Waals surface area (Å²) < 4.78 is 0. The van der Waals surface area contributed by atoms with E-state index in [0.29, 0.717) is 11.3 Å². The van der Waals surface area contributed by atoms with Gasteiger partial charge in [0.1, 0.15) is 0 Å². The summed E-state index contributed by atoms with van der Waals surface area (Å²) in [7, 11) is 0. The van der Waals surface area contributed by atoms with Crippen LogP contribution in [0, 0.1) is 5.41 Å². The summed E-state index contributed by atoms with van der Waals surface area (Å²) in [6.45, 7) is 9.47. The van der Waals surface area contributed by atoms with E-state index in [1.165, 1.54) is 37.7 Å². The molecule has 0 bridgehead atoms. The first kappa shape index (κ1) is 14.3. The van der Waals surface area contributed by atoms with Crippen LogP contribution in [0.4, 0.5) is 0 Å². The zero-order valence-corrected chi connectivity index (χ0v) is 12.0. The minimum Gasteiger partial charge on any atom is -0.0654 e. The van der Waals surface area contributed by atoms with Crippen LogP contribution >= 0.6 is 0 Å². The largest absolute Gasteiger partial charge is 0.0654 e. The van der Waals surface area contributed by atoms with Crippen molar-refractivity contribution in [2.24, 2.45) is 5.41 Å². The van der Waals surface area contributed by atoms with Crippen molar-refractivity contribution in [2.45, 2.75) is 65.7 Å². The van der Waals surface area contributed by atoms with Gasteiger partial charge in [0.15, 0.2) is 0 Å². The summed E-state index contributed by atoms with van der Waals surface area (Å²) >= 11 is 0. The Morgan fingerprint density at radius 1 is 1.06 bits per heavy atom. The van der Waals surface area contributed by atoms with E-state index < -0.39 is 0 Å². The summed E-state index contributed by atoms with van der Waals surface area (Å²) in [6.07, 6.45) is 6.73. The third kappa shape index (κ3) is 5.39. The molecule has 17 heavy (non-hydrogen) atoms. The first-order valence-corrected chi connectivity index (χ1v) is 7.10. The molecule has 0 radical (unpaired) electrons. The molecule has 0 saturated carbocycles. The van der Waals surface area contributed by atoms with Crippen LogP contribution in [0.2, 0.25) is 0 Å². The van der Waals surface area contributed by atoms with Gasteiger partial charge in [0, 0.05) is 0 Å². The highest BCUT2D eigenvalue weighted by atomic mass is 14.3. The highest BCUT2D eigenvalue weighted by Gasteiger charge is 2.21. The third-order valence-electron chi connectivity index (χ3n) is 3.68. The van der Waals surface area contributed by atoms with E-state index >= 15 is 0 Å². The van der Waals surface area contributed by atoms with Crippen molar-refractivity contribution in [1.82, 2.24) is 0 Å². The molecule has 1 rings (SSSR count). The van der Waals surface area contributed by atoms with E-state index in [4.69, 9.17) is 0 Å². The summed E-state index contributed by atoms with van der Waals surface area (Å²) in [4.78, 5) is 0. The first-order chi connectivity index (χ1) is 8.05. The van der Waals surface area contributed by atoms with Crippen LogP contribution in [0.5, 0.6) is 0 Å². The van der Waals surface area contributed by atoms with E-state index in [-0.39, 0.29) is 0 Å². The molecule has 0 N–H and O–H groups in total. The summed E-state index contributed by atoms with van der Waals surface area (Å²) in [5, 5.41) is 0. The summed E-state index contributed by atoms with van der Waals surface area (Å²) in [6, 6.07) is 10.9. The molecule has 0 heteroatoms. The molecule has 0 fully saturated rings. The van der Waals surface area contributed by atoms with Gasteiger partial charge < -0.3 is 0 Å². The lowest BCUT2D eigenvalue weighted by molar-refractivity contribution is 0.276. The van der Waals surface area contributed by atoms with Crippen molar-refractivity contribution in [3.05, 3.63) is 35.9 Å². The van der Waals surface area contributed by atoms with E-state index in [1.54, 1.807) is 0 Å². The predicted molar refractivity (Wildman–Crippen MR) is 77.4 cm³/mol. The fraction of sp³-hybridized carbons (Fsp3) is 0.647. The summed E-state index contributed by atoms with van der Waals surface area (Å²) in [5.41, 5.74) is 1.96. The first-order valence-electron chi connectivity index (χ1n) is 7.10. The molecule has 0 heterocycles. The molecule has 0 spiro atoms. The SMILES string of the molecule is CCCCCC(C)(C)CC(C)c1ccccc1. The van der Waals surface area contributed by atoms with Crippen LogP contribution in [-0.2, 0) is 0 Å². The summed E-state index contributed by atoms with van der Waals surface area (Å²) in [5.74, 6) is 0.674. The van der Waals surface area contributed by atoms with Gasteiger partial charge in [-0.15, -0.1) is 0 Å². The Hall–Kier alpha value is -0.780. The highest BCUT2D eigenvalue weighted by Crippen LogP contribution is 2.35. The Kier molecular flexibility index (Phi) is 5.74. The maximum absolute atomic E-state index is 2.42. The molecule has 1 atom stereocenters. The predicted octanol–water partition coefficient (Wildman–Crippen LogP) is 5.79. The van der Waals surface area contributed by atoms with Crippen molar-refractivity contribution >= 4 is 0 Å². The van der Waals surface area contributed by atoms with Crippen molar-refractivity contribution in [2.75, 3.05) is 0 Å². The Balaban J connectivity index is 2.46. The van der Waals surface area contributed by atoms with Gasteiger partial charge in [0.05, 0.1) is 0 Å². The van der Waals surface area contributed by atoms with Gasteiger partial charge in [0.25, 0.3) is 0 Å². The van der Waals surface area contributed by atoms with Crippen molar-refractivity contribution in [3.8, 4) is 0 Å². The molecule has 0 nitrogen and oxygen atoms in total. The molecule has 0 aliphatic carbocycles. The van der Waals surface area contributed by atoms with E-state index in [1.807, 2.05) is 0 Å². The fourth-order valence-corrected chi connectivity index (χ4v) is 2.68. The molecule has 96 valence electrons. The molecular weight excluding hydrogens is 204 g/mol. The third-order valence-corrected chi connectivity index (χ3v) is 3.68. The fourth-order valence-electron chi connectivity index (χ4n) is 2.68. The van der Waals surface area contributed by atoms with E-state index in [2.05, 4.69) is 58.0 Å². The van der Waals surface area contributed by atoms with Crippen molar-refractivity contribution < 1.29 is 0 Å². The second-order valence-electron chi connectivity index (χ2n) is 6.14. The maximum Gasteiger partial charge on any atom is -0.0185 e. The topological polar surface area (TPSA) is 0 Å².